The van der Waals surface area contributed by atoms with Crippen LogP contribution >= 0.6 is 11.5 Å². The maximum absolute atomic E-state index is 12.4. The van der Waals surface area contributed by atoms with E-state index >= 15 is 0 Å². The number of para-hydroxylation sites is 1. The van der Waals surface area contributed by atoms with E-state index in [4.69, 9.17) is 0 Å². The van der Waals surface area contributed by atoms with Crippen molar-refractivity contribution in [2.45, 2.75) is 6.92 Å². The number of carbonyl (C=O) groups excluding carboxylic acids is 1. The number of aromatic nitrogens is 2. The molecule has 0 atom stereocenters. The van der Waals surface area contributed by atoms with E-state index in [-0.39, 0.29) is 11.7 Å². The molecule has 6 nitrogen and oxygen atoms in total. The summed E-state index contributed by atoms with van der Waals surface area (Å²) in [4.78, 5) is 20.7. The molecule has 1 saturated heterocycles. The van der Waals surface area contributed by atoms with Gasteiger partial charge in [-0.2, -0.15) is 4.37 Å². The van der Waals surface area contributed by atoms with Crippen LogP contribution in [-0.2, 0) is 0 Å². The molecule has 0 bridgehead atoms. The Kier molecular flexibility index (Phi) is 3.74. The number of hydrogen-bond acceptors (Lipinski definition) is 6. The zero-order valence-electron chi connectivity index (χ0n) is 11.7. The number of amides is 1. The molecule has 1 aromatic heterocycles. The summed E-state index contributed by atoms with van der Waals surface area (Å²) >= 11 is 1.39. The van der Waals surface area contributed by atoms with E-state index < -0.39 is 0 Å². The van der Waals surface area contributed by atoms with Crippen molar-refractivity contribution in [3.05, 3.63) is 35.7 Å². The van der Waals surface area contributed by atoms with E-state index in [0.29, 0.717) is 18.7 Å². The van der Waals surface area contributed by atoms with Gasteiger partial charge in [-0.15, -0.1) is 0 Å². The standard InChI is InChI=1S/C14H16N4O2S/c1-10-15-14(21-16-10)18-8-6-17(7-9-18)13(20)11-4-2-3-5-12(11)19/h2-5,19H,6-9H2,1H3. The van der Waals surface area contributed by atoms with E-state index in [1.807, 2.05) is 6.92 Å². The summed E-state index contributed by atoms with van der Waals surface area (Å²) in [6, 6.07) is 6.65. The lowest BCUT2D eigenvalue weighted by Gasteiger charge is -2.34. The van der Waals surface area contributed by atoms with Crippen molar-refractivity contribution in [2.75, 3.05) is 31.1 Å². The van der Waals surface area contributed by atoms with Gasteiger partial charge in [0.2, 0.25) is 5.13 Å². The molecule has 0 saturated carbocycles. The fourth-order valence-electron chi connectivity index (χ4n) is 2.34. The number of aromatic hydroxyl groups is 1. The number of rotatable bonds is 2. The van der Waals surface area contributed by atoms with Crippen LogP contribution in [-0.4, -0.2) is 51.5 Å². The Morgan fingerprint density at radius 2 is 1.95 bits per heavy atom. The second-order valence-electron chi connectivity index (χ2n) is 4.92. The van der Waals surface area contributed by atoms with Gasteiger partial charge < -0.3 is 14.9 Å². The molecule has 110 valence electrons. The summed E-state index contributed by atoms with van der Waals surface area (Å²) in [6.45, 7) is 4.57. The molecular weight excluding hydrogens is 288 g/mol. The maximum Gasteiger partial charge on any atom is 0.257 e. The summed E-state index contributed by atoms with van der Waals surface area (Å²) in [6.07, 6.45) is 0. The molecule has 0 aliphatic carbocycles. The number of piperazine rings is 1. The lowest BCUT2D eigenvalue weighted by Crippen LogP contribution is -2.48. The number of hydrogen-bond donors (Lipinski definition) is 1. The first kappa shape index (κ1) is 13.8. The molecule has 2 heterocycles. The number of phenolic OH excluding ortho intramolecular Hbond substituents is 1. The zero-order chi connectivity index (χ0) is 14.8. The highest BCUT2D eigenvalue weighted by Gasteiger charge is 2.25. The van der Waals surface area contributed by atoms with Crippen LogP contribution in [0.25, 0.3) is 0 Å². The number of nitrogens with zero attached hydrogens (tertiary/aromatic N) is 4. The van der Waals surface area contributed by atoms with Crippen LogP contribution in [0, 0.1) is 6.92 Å². The minimum atomic E-state index is -0.124. The summed E-state index contributed by atoms with van der Waals surface area (Å²) in [5, 5.41) is 10.7. The molecule has 2 aromatic rings. The lowest BCUT2D eigenvalue weighted by atomic mass is 10.1. The van der Waals surface area contributed by atoms with Gasteiger partial charge in [0.25, 0.3) is 5.91 Å². The van der Waals surface area contributed by atoms with E-state index in [9.17, 15) is 9.90 Å². The Morgan fingerprint density at radius 3 is 2.57 bits per heavy atom. The SMILES string of the molecule is Cc1nsc(N2CCN(C(=O)c3ccccc3O)CC2)n1. The second kappa shape index (κ2) is 5.69. The van der Waals surface area contributed by atoms with Crippen LogP contribution in [0.2, 0.25) is 0 Å². The highest BCUT2D eigenvalue weighted by atomic mass is 32.1. The summed E-state index contributed by atoms with van der Waals surface area (Å²) in [5.41, 5.74) is 0.359. The number of benzene rings is 1. The molecule has 1 amide bonds. The number of phenols is 1. The molecule has 0 radical (unpaired) electrons. The van der Waals surface area contributed by atoms with Crippen molar-refractivity contribution in [1.29, 1.82) is 0 Å². The molecule has 1 aromatic carbocycles. The predicted molar refractivity (Wildman–Crippen MR) is 80.9 cm³/mol. The topological polar surface area (TPSA) is 69.6 Å². The number of anilines is 1. The summed E-state index contributed by atoms with van der Waals surface area (Å²) < 4.78 is 4.18. The van der Waals surface area contributed by atoms with Crippen LogP contribution in [0.5, 0.6) is 5.75 Å². The van der Waals surface area contributed by atoms with Gasteiger partial charge in [0.05, 0.1) is 5.56 Å². The van der Waals surface area contributed by atoms with Gasteiger partial charge in [0, 0.05) is 37.7 Å². The van der Waals surface area contributed by atoms with E-state index in [2.05, 4.69) is 14.3 Å². The van der Waals surface area contributed by atoms with Crippen molar-refractivity contribution in [3.8, 4) is 5.75 Å². The first-order valence-electron chi connectivity index (χ1n) is 6.77. The zero-order valence-corrected chi connectivity index (χ0v) is 12.5. The fourth-order valence-corrected chi connectivity index (χ4v) is 3.07. The average molecular weight is 304 g/mol. The van der Waals surface area contributed by atoms with Gasteiger partial charge in [-0.25, -0.2) is 4.98 Å². The quantitative estimate of drug-likeness (QED) is 0.911. The third-order valence-corrected chi connectivity index (χ3v) is 4.36. The van der Waals surface area contributed by atoms with Crippen molar-refractivity contribution in [3.63, 3.8) is 0 Å². The van der Waals surface area contributed by atoms with Crippen molar-refractivity contribution < 1.29 is 9.90 Å². The Bertz CT molecular complexity index is 650. The van der Waals surface area contributed by atoms with Crippen molar-refractivity contribution in [1.82, 2.24) is 14.3 Å². The highest BCUT2D eigenvalue weighted by molar-refractivity contribution is 7.09. The van der Waals surface area contributed by atoms with Crippen LogP contribution in [0.3, 0.4) is 0 Å². The van der Waals surface area contributed by atoms with Gasteiger partial charge >= 0.3 is 0 Å². The van der Waals surface area contributed by atoms with Gasteiger partial charge in [0.1, 0.15) is 11.6 Å². The Balaban J connectivity index is 1.66. The average Bonchev–Trinajstić information content (AvgIpc) is 2.94. The predicted octanol–water partition coefficient (Wildman–Crippen LogP) is 1.51. The smallest absolute Gasteiger partial charge is 0.257 e. The normalized spacial score (nSPS) is 15.3. The molecule has 1 N–H and O–H groups in total. The number of aryl methyl sites for hydroxylation is 1. The first-order chi connectivity index (χ1) is 10.1. The maximum atomic E-state index is 12.4. The summed E-state index contributed by atoms with van der Waals surface area (Å²) in [5.74, 6) is 0.689. The van der Waals surface area contributed by atoms with Crippen LogP contribution in [0.4, 0.5) is 5.13 Å². The molecule has 3 rings (SSSR count). The number of carbonyl (C=O) groups is 1. The molecule has 1 fully saturated rings. The fraction of sp³-hybridized carbons (Fsp3) is 0.357. The second-order valence-corrected chi connectivity index (χ2v) is 5.65. The monoisotopic (exact) mass is 304 g/mol. The summed E-state index contributed by atoms with van der Waals surface area (Å²) in [7, 11) is 0. The first-order valence-corrected chi connectivity index (χ1v) is 7.55. The Hall–Kier alpha value is -2.15. The van der Waals surface area contributed by atoms with E-state index in [0.717, 1.165) is 24.0 Å². The molecule has 1 aliphatic rings. The van der Waals surface area contributed by atoms with Crippen molar-refractivity contribution >= 4 is 22.6 Å². The molecule has 0 spiro atoms. The molecule has 1 aliphatic heterocycles. The third-order valence-electron chi connectivity index (χ3n) is 3.49. The highest BCUT2D eigenvalue weighted by Crippen LogP contribution is 2.21. The Labute approximate surface area is 126 Å². The molecular formula is C14H16N4O2S. The molecule has 7 heteroatoms. The minimum Gasteiger partial charge on any atom is -0.507 e. The van der Waals surface area contributed by atoms with Crippen LogP contribution in [0.1, 0.15) is 16.2 Å². The van der Waals surface area contributed by atoms with E-state index in [1.54, 1.807) is 23.1 Å². The largest absolute Gasteiger partial charge is 0.507 e. The lowest BCUT2D eigenvalue weighted by molar-refractivity contribution is 0.0743. The van der Waals surface area contributed by atoms with Gasteiger partial charge in [-0.1, -0.05) is 12.1 Å². The molecule has 0 unspecified atom stereocenters. The van der Waals surface area contributed by atoms with Crippen molar-refractivity contribution in [2.24, 2.45) is 0 Å². The van der Waals surface area contributed by atoms with Gasteiger partial charge in [-0.3, -0.25) is 4.79 Å². The molecule has 21 heavy (non-hydrogen) atoms. The Morgan fingerprint density at radius 1 is 1.24 bits per heavy atom. The third kappa shape index (κ3) is 2.82. The van der Waals surface area contributed by atoms with Gasteiger partial charge in [-0.05, 0) is 19.1 Å². The van der Waals surface area contributed by atoms with Crippen LogP contribution < -0.4 is 4.90 Å². The van der Waals surface area contributed by atoms with Gasteiger partial charge in [0.15, 0.2) is 0 Å². The minimum absolute atomic E-state index is 0.0321. The van der Waals surface area contributed by atoms with Crippen LogP contribution in [0.15, 0.2) is 24.3 Å². The van der Waals surface area contributed by atoms with E-state index in [1.165, 1.54) is 17.6 Å².